The van der Waals surface area contributed by atoms with Crippen LogP contribution in [0.25, 0.3) is 11.4 Å². The first-order valence-corrected chi connectivity index (χ1v) is 9.78. The van der Waals surface area contributed by atoms with Gasteiger partial charge in [0, 0.05) is 37.8 Å². The summed E-state index contributed by atoms with van der Waals surface area (Å²) in [5.74, 6) is 0.141. The Morgan fingerprint density at radius 2 is 1.90 bits per heavy atom. The van der Waals surface area contributed by atoms with Crippen LogP contribution in [0.3, 0.4) is 0 Å². The molecule has 8 nitrogen and oxygen atoms in total. The minimum Gasteiger partial charge on any atom is -0.364 e. The fraction of sp³-hybridized carbons (Fsp3) is 0.333. The van der Waals surface area contributed by atoms with Crippen LogP contribution in [0.5, 0.6) is 0 Å². The zero-order chi connectivity index (χ0) is 20.1. The Hall–Kier alpha value is -3.42. The van der Waals surface area contributed by atoms with E-state index in [9.17, 15) is 9.59 Å². The lowest BCUT2D eigenvalue weighted by atomic mass is 10.1. The van der Waals surface area contributed by atoms with Gasteiger partial charge in [-0.1, -0.05) is 30.3 Å². The second-order valence-corrected chi connectivity index (χ2v) is 7.80. The summed E-state index contributed by atoms with van der Waals surface area (Å²) in [6, 6.07) is 9.82. The molecule has 4 heterocycles. The van der Waals surface area contributed by atoms with Crippen molar-refractivity contribution in [1.82, 2.24) is 24.0 Å². The summed E-state index contributed by atoms with van der Waals surface area (Å²) in [5, 5.41) is 0. The molecule has 2 aliphatic rings. The third kappa shape index (κ3) is 2.83. The Morgan fingerprint density at radius 3 is 2.59 bits per heavy atom. The van der Waals surface area contributed by atoms with Crippen LogP contribution in [-0.2, 0) is 20.0 Å². The first-order valence-electron chi connectivity index (χ1n) is 9.78. The fourth-order valence-corrected chi connectivity index (χ4v) is 4.66. The van der Waals surface area contributed by atoms with Crippen molar-refractivity contribution in [2.75, 3.05) is 0 Å². The van der Waals surface area contributed by atoms with E-state index >= 15 is 0 Å². The Kier molecular flexibility index (Phi) is 4.01. The Morgan fingerprint density at radius 1 is 1.14 bits per heavy atom. The van der Waals surface area contributed by atoms with Gasteiger partial charge in [0.1, 0.15) is 17.2 Å². The molecule has 1 fully saturated rings. The van der Waals surface area contributed by atoms with Crippen molar-refractivity contribution in [3.8, 4) is 11.4 Å². The van der Waals surface area contributed by atoms with Gasteiger partial charge in [0.05, 0.1) is 18.1 Å². The molecule has 0 spiro atoms. The molecule has 1 saturated heterocycles. The third-order valence-electron chi connectivity index (χ3n) is 5.94. The van der Waals surface area contributed by atoms with Crippen LogP contribution in [0.1, 0.15) is 39.5 Å². The molecule has 2 aromatic heterocycles. The minimum absolute atomic E-state index is 0.00850. The molecular formula is C21H22N6O2. The van der Waals surface area contributed by atoms with E-state index < -0.39 is 5.91 Å². The summed E-state index contributed by atoms with van der Waals surface area (Å²) in [4.78, 5) is 36.1. The second kappa shape index (κ2) is 6.58. The highest BCUT2D eigenvalue weighted by Crippen LogP contribution is 2.36. The Labute approximate surface area is 168 Å². The number of rotatable bonds is 3. The van der Waals surface area contributed by atoms with Crippen molar-refractivity contribution in [3.63, 3.8) is 0 Å². The Balaban J connectivity index is 1.58. The summed E-state index contributed by atoms with van der Waals surface area (Å²) >= 11 is 0. The monoisotopic (exact) mass is 390 g/mol. The normalized spacial score (nSPS) is 20.4. The van der Waals surface area contributed by atoms with Gasteiger partial charge in [0.25, 0.3) is 11.8 Å². The van der Waals surface area contributed by atoms with Crippen LogP contribution >= 0.6 is 0 Å². The van der Waals surface area contributed by atoms with Crippen LogP contribution in [-0.4, -0.2) is 47.9 Å². The summed E-state index contributed by atoms with van der Waals surface area (Å²) in [7, 11) is 1.85. The average Bonchev–Trinajstić information content (AvgIpc) is 3.37. The first kappa shape index (κ1) is 17.7. The molecule has 29 heavy (non-hydrogen) atoms. The molecule has 1 aromatic carbocycles. The number of nitrogens with zero attached hydrogens (tertiary/aromatic N) is 5. The minimum atomic E-state index is -0.531. The van der Waals surface area contributed by atoms with Gasteiger partial charge in [-0.3, -0.25) is 9.59 Å². The van der Waals surface area contributed by atoms with Gasteiger partial charge in [-0.15, -0.1) is 0 Å². The number of amides is 2. The molecule has 148 valence electrons. The van der Waals surface area contributed by atoms with Crippen LogP contribution in [0.4, 0.5) is 0 Å². The molecule has 2 N–H and O–H groups in total. The maximum absolute atomic E-state index is 13.2. The third-order valence-corrected chi connectivity index (χ3v) is 5.94. The van der Waals surface area contributed by atoms with Crippen LogP contribution in [0.2, 0.25) is 0 Å². The smallest absolute Gasteiger partial charge is 0.274 e. The lowest BCUT2D eigenvalue weighted by molar-refractivity contribution is 0.0660. The van der Waals surface area contributed by atoms with Crippen molar-refractivity contribution in [2.45, 2.75) is 37.9 Å². The van der Waals surface area contributed by atoms with E-state index in [1.807, 2.05) is 42.3 Å². The zero-order valence-corrected chi connectivity index (χ0v) is 16.2. The van der Waals surface area contributed by atoms with Gasteiger partial charge in [0.15, 0.2) is 0 Å². The van der Waals surface area contributed by atoms with Crippen LogP contribution < -0.4 is 5.73 Å². The summed E-state index contributed by atoms with van der Waals surface area (Å²) in [6.07, 6.45) is 5.76. The summed E-state index contributed by atoms with van der Waals surface area (Å²) in [6.45, 7) is 0.592. The van der Waals surface area contributed by atoms with E-state index in [0.717, 1.165) is 29.9 Å². The maximum Gasteiger partial charge on any atom is 0.274 e. The van der Waals surface area contributed by atoms with Gasteiger partial charge >= 0.3 is 0 Å². The van der Waals surface area contributed by atoms with Crippen LogP contribution in [0, 0.1) is 0 Å². The predicted octanol–water partition coefficient (Wildman–Crippen LogP) is 1.61. The molecular weight excluding hydrogens is 368 g/mol. The quantitative estimate of drug-likeness (QED) is 0.734. The molecule has 2 bridgehead atoms. The van der Waals surface area contributed by atoms with Crippen molar-refractivity contribution < 1.29 is 9.59 Å². The molecule has 0 saturated carbocycles. The lowest BCUT2D eigenvalue weighted by Crippen LogP contribution is -2.42. The number of nitrogens with two attached hydrogens (primary N) is 1. The summed E-state index contributed by atoms with van der Waals surface area (Å²) < 4.78 is 3.86. The molecule has 8 heteroatoms. The van der Waals surface area contributed by atoms with E-state index in [2.05, 4.69) is 14.5 Å². The van der Waals surface area contributed by atoms with Crippen molar-refractivity contribution in [1.29, 1.82) is 0 Å². The fourth-order valence-electron chi connectivity index (χ4n) is 4.66. The molecule has 2 atom stereocenters. The zero-order valence-electron chi connectivity index (χ0n) is 16.2. The van der Waals surface area contributed by atoms with E-state index in [1.54, 1.807) is 17.1 Å². The number of carbonyl (C=O) groups excluding carboxylic acids is 2. The maximum atomic E-state index is 13.2. The SMILES string of the molecule is Cn1cnc(C(=O)N2[C@@H]3CC[C@H]2Cc2c(C(N)=O)nc(-c4ccccc4)n2C3)c1. The number of benzene rings is 1. The molecule has 3 aromatic rings. The number of aryl methyl sites for hydroxylation is 1. The van der Waals surface area contributed by atoms with Gasteiger partial charge in [0.2, 0.25) is 0 Å². The largest absolute Gasteiger partial charge is 0.364 e. The van der Waals surface area contributed by atoms with Crippen LogP contribution in [0.15, 0.2) is 42.9 Å². The topological polar surface area (TPSA) is 99.0 Å². The van der Waals surface area contributed by atoms with Crippen molar-refractivity contribution in [3.05, 3.63) is 59.9 Å². The van der Waals surface area contributed by atoms with Crippen molar-refractivity contribution in [2.24, 2.45) is 12.8 Å². The highest BCUT2D eigenvalue weighted by atomic mass is 16.2. The molecule has 0 radical (unpaired) electrons. The second-order valence-electron chi connectivity index (χ2n) is 7.80. The van der Waals surface area contributed by atoms with Gasteiger partial charge in [-0.25, -0.2) is 9.97 Å². The highest BCUT2D eigenvalue weighted by molar-refractivity contribution is 5.94. The molecule has 0 unspecified atom stereocenters. The number of imidazole rings is 2. The number of aromatic nitrogens is 4. The molecule has 0 aliphatic carbocycles. The van der Waals surface area contributed by atoms with Gasteiger partial charge in [-0.05, 0) is 12.8 Å². The average molecular weight is 390 g/mol. The van der Waals surface area contributed by atoms with E-state index in [1.165, 1.54) is 0 Å². The number of primary amides is 1. The van der Waals surface area contributed by atoms with Crippen molar-refractivity contribution >= 4 is 11.8 Å². The molecule has 2 amide bonds. The first-order chi connectivity index (χ1) is 14.0. The number of fused-ring (bicyclic) bond motifs is 3. The number of carbonyl (C=O) groups is 2. The number of hydrogen-bond donors (Lipinski definition) is 1. The lowest BCUT2D eigenvalue weighted by Gasteiger charge is -2.27. The molecule has 2 aliphatic heterocycles. The number of hydrogen-bond acceptors (Lipinski definition) is 4. The van der Waals surface area contributed by atoms with E-state index in [0.29, 0.717) is 24.4 Å². The highest BCUT2D eigenvalue weighted by Gasteiger charge is 2.42. The summed E-state index contributed by atoms with van der Waals surface area (Å²) in [5.41, 5.74) is 8.17. The van der Waals surface area contributed by atoms with Gasteiger partial charge < -0.3 is 19.8 Å². The van der Waals surface area contributed by atoms with E-state index in [-0.39, 0.29) is 18.0 Å². The standard InChI is InChI=1S/C21H22N6O2/c1-25-11-16(23-12-25)21(29)27-14-7-8-15(27)10-26-17(9-14)18(19(22)28)24-20(26)13-5-3-2-4-6-13/h2-6,11-12,14-15H,7-10H2,1H3,(H2,22,28)/t14-,15+/m0/s1. The van der Waals surface area contributed by atoms with Gasteiger partial charge in [-0.2, -0.15) is 0 Å². The predicted molar refractivity (Wildman–Crippen MR) is 106 cm³/mol. The Bertz CT molecular complexity index is 1100. The van der Waals surface area contributed by atoms with E-state index in [4.69, 9.17) is 5.73 Å². The molecule has 5 rings (SSSR count).